The molecule has 0 radical (unpaired) electrons. The van der Waals surface area contributed by atoms with Crippen molar-refractivity contribution in [2.75, 3.05) is 42.1 Å². The largest absolute Gasteiger partial charge is 0.378 e. The lowest BCUT2D eigenvalue weighted by Crippen LogP contribution is -2.39. The average Bonchev–Trinajstić information content (AvgIpc) is 2.92. The number of rotatable bonds is 9. The molecule has 3 aromatic carbocycles. The highest BCUT2D eigenvalue weighted by Crippen LogP contribution is 2.27. The smallest absolute Gasteiger partial charge is 0.270 e. The number of hydrogen-bond donors (Lipinski definition) is 1. The molecule has 1 amide bonds. The predicted octanol–water partition coefficient (Wildman–Crippen LogP) is 3.54. The Bertz CT molecular complexity index is 1450. The summed E-state index contributed by atoms with van der Waals surface area (Å²) >= 11 is 3.34. The molecule has 4 rings (SSSR count). The van der Waals surface area contributed by atoms with Gasteiger partial charge in [0.1, 0.15) is 6.54 Å². The van der Waals surface area contributed by atoms with Crippen molar-refractivity contribution >= 4 is 55.1 Å². The fraction of sp³-hybridized carbons (Fsp3) is 0.200. The van der Waals surface area contributed by atoms with E-state index in [1.165, 1.54) is 30.5 Å². The minimum Gasteiger partial charge on any atom is -0.378 e. The highest BCUT2D eigenvalue weighted by atomic mass is 79.9. The molecule has 1 N–H and O–H groups in total. The molecule has 1 heterocycles. The highest BCUT2D eigenvalue weighted by Gasteiger charge is 2.27. The number of carbonyl (C=O) groups excluding carboxylic acids is 1. The maximum Gasteiger partial charge on any atom is 0.270 e. The number of ether oxygens (including phenoxy) is 1. The monoisotopic (exact) mass is 601 g/mol. The van der Waals surface area contributed by atoms with Crippen LogP contribution in [0.5, 0.6) is 0 Å². The number of sulfonamides is 1. The molecule has 1 saturated heterocycles. The molecule has 198 valence electrons. The number of hydrogen-bond acceptors (Lipinski definition) is 8. The number of carbonyl (C=O) groups is 1. The van der Waals surface area contributed by atoms with Gasteiger partial charge in [0.05, 0.1) is 34.9 Å². The zero-order chi connectivity index (χ0) is 27.1. The van der Waals surface area contributed by atoms with Gasteiger partial charge in [0, 0.05) is 40.9 Å². The summed E-state index contributed by atoms with van der Waals surface area (Å²) in [6.45, 7) is 1.70. The van der Waals surface area contributed by atoms with Gasteiger partial charge in [-0.1, -0.05) is 40.2 Å². The number of non-ortho nitro benzene ring substituents is 1. The van der Waals surface area contributed by atoms with Gasteiger partial charge in [0.25, 0.3) is 21.6 Å². The molecule has 3 aromatic rings. The molecule has 0 unspecified atom stereocenters. The first-order valence-corrected chi connectivity index (χ1v) is 13.8. The lowest BCUT2D eigenvalue weighted by molar-refractivity contribution is -0.384. The van der Waals surface area contributed by atoms with E-state index in [2.05, 4.69) is 26.5 Å². The third-order valence-electron chi connectivity index (χ3n) is 5.68. The summed E-state index contributed by atoms with van der Waals surface area (Å²) in [6, 6.07) is 18.8. The first-order valence-electron chi connectivity index (χ1n) is 11.5. The van der Waals surface area contributed by atoms with E-state index in [-0.39, 0.29) is 16.3 Å². The van der Waals surface area contributed by atoms with Crippen LogP contribution in [0.4, 0.5) is 17.1 Å². The molecule has 13 heteroatoms. The first-order chi connectivity index (χ1) is 18.3. The van der Waals surface area contributed by atoms with E-state index < -0.39 is 27.4 Å². The number of hydrazone groups is 1. The van der Waals surface area contributed by atoms with Crippen LogP contribution in [0.15, 0.2) is 87.3 Å². The Morgan fingerprint density at radius 1 is 1.11 bits per heavy atom. The second kappa shape index (κ2) is 12.2. The van der Waals surface area contributed by atoms with Gasteiger partial charge >= 0.3 is 0 Å². The zero-order valence-corrected chi connectivity index (χ0v) is 22.5. The Hall–Kier alpha value is -3.81. The Morgan fingerprint density at radius 2 is 1.84 bits per heavy atom. The molecule has 0 bridgehead atoms. The van der Waals surface area contributed by atoms with Crippen LogP contribution in [-0.2, 0) is 19.6 Å². The molecule has 1 aliphatic rings. The summed E-state index contributed by atoms with van der Waals surface area (Å²) in [6.07, 6.45) is 1.31. The Labute approximate surface area is 228 Å². The van der Waals surface area contributed by atoms with Crippen LogP contribution in [-0.4, -0.2) is 58.3 Å². The molecule has 0 atom stereocenters. The van der Waals surface area contributed by atoms with Crippen molar-refractivity contribution < 1.29 is 22.9 Å². The molecule has 1 fully saturated rings. The van der Waals surface area contributed by atoms with Crippen molar-refractivity contribution in [1.29, 1.82) is 0 Å². The standard InChI is InChI=1S/C25H24BrN5O6S/c26-20-5-4-6-21(16-20)30(38(35,36)23-7-2-1-3-8-23)18-25(32)28-27-17-19-15-22(31(33)34)9-10-24(19)29-11-13-37-14-12-29/h1-10,15-17H,11-14,18H2,(H,28,32)/b27-17-. The molecule has 0 spiro atoms. The van der Waals surface area contributed by atoms with Crippen LogP contribution in [0.1, 0.15) is 5.56 Å². The molecule has 0 saturated carbocycles. The fourth-order valence-corrected chi connectivity index (χ4v) is 5.68. The van der Waals surface area contributed by atoms with E-state index in [9.17, 15) is 23.3 Å². The summed E-state index contributed by atoms with van der Waals surface area (Å²) in [5.74, 6) is -0.695. The first kappa shape index (κ1) is 27.2. The van der Waals surface area contributed by atoms with Gasteiger partial charge in [-0.3, -0.25) is 19.2 Å². The topological polar surface area (TPSA) is 134 Å². The molecule has 0 aromatic heterocycles. The van der Waals surface area contributed by atoms with E-state index >= 15 is 0 Å². The third kappa shape index (κ3) is 6.54. The lowest BCUT2D eigenvalue weighted by Gasteiger charge is -2.29. The highest BCUT2D eigenvalue weighted by molar-refractivity contribution is 9.10. The Kier molecular flexibility index (Phi) is 8.71. The van der Waals surface area contributed by atoms with Gasteiger partial charge in [-0.15, -0.1) is 0 Å². The minimum absolute atomic E-state index is 0.0306. The van der Waals surface area contributed by atoms with Crippen molar-refractivity contribution in [1.82, 2.24) is 5.43 Å². The van der Waals surface area contributed by atoms with Gasteiger partial charge in [-0.05, 0) is 36.4 Å². The van der Waals surface area contributed by atoms with E-state index in [4.69, 9.17) is 4.74 Å². The molecule has 38 heavy (non-hydrogen) atoms. The predicted molar refractivity (Wildman–Crippen MR) is 147 cm³/mol. The quantitative estimate of drug-likeness (QED) is 0.225. The van der Waals surface area contributed by atoms with Gasteiger partial charge in [-0.2, -0.15) is 5.10 Å². The lowest BCUT2D eigenvalue weighted by atomic mass is 10.1. The zero-order valence-electron chi connectivity index (χ0n) is 20.1. The maximum atomic E-state index is 13.4. The molecular weight excluding hydrogens is 578 g/mol. The van der Waals surface area contributed by atoms with Crippen LogP contribution in [0.2, 0.25) is 0 Å². The molecule has 0 aliphatic carbocycles. The number of halogens is 1. The van der Waals surface area contributed by atoms with E-state index in [0.717, 1.165) is 4.31 Å². The SMILES string of the molecule is O=C(CN(c1cccc(Br)c1)S(=O)(=O)c1ccccc1)N/N=C\c1cc([N+](=O)[O-])ccc1N1CCOCC1. The van der Waals surface area contributed by atoms with Gasteiger partial charge in [0.15, 0.2) is 0 Å². The Balaban J connectivity index is 1.57. The molecule has 1 aliphatic heterocycles. The molecule has 11 nitrogen and oxygen atoms in total. The summed E-state index contributed by atoms with van der Waals surface area (Å²) in [7, 11) is -4.07. The summed E-state index contributed by atoms with van der Waals surface area (Å²) in [4.78, 5) is 25.7. The number of anilines is 2. The van der Waals surface area contributed by atoms with Crippen LogP contribution < -0.4 is 14.6 Å². The van der Waals surface area contributed by atoms with E-state index in [1.807, 2.05) is 4.90 Å². The van der Waals surface area contributed by atoms with Gasteiger partial charge in [0.2, 0.25) is 0 Å². The summed E-state index contributed by atoms with van der Waals surface area (Å²) in [5.41, 5.74) is 3.66. The van der Waals surface area contributed by atoms with Crippen LogP contribution in [0.25, 0.3) is 0 Å². The second-order valence-electron chi connectivity index (χ2n) is 8.20. The number of nitrogens with one attached hydrogen (secondary N) is 1. The van der Waals surface area contributed by atoms with Crippen LogP contribution in [0.3, 0.4) is 0 Å². The van der Waals surface area contributed by atoms with Crippen molar-refractivity contribution in [2.24, 2.45) is 5.10 Å². The van der Waals surface area contributed by atoms with E-state index in [0.29, 0.717) is 42.0 Å². The van der Waals surface area contributed by atoms with Crippen LogP contribution >= 0.6 is 15.9 Å². The number of benzene rings is 3. The number of nitrogens with zero attached hydrogens (tertiary/aromatic N) is 4. The minimum atomic E-state index is -4.07. The van der Waals surface area contributed by atoms with Crippen molar-refractivity contribution in [3.05, 3.63) is 92.9 Å². The average molecular weight is 602 g/mol. The number of nitro benzene ring substituents is 1. The summed E-state index contributed by atoms with van der Waals surface area (Å²) in [5, 5.41) is 15.3. The van der Waals surface area contributed by atoms with Crippen LogP contribution in [0, 0.1) is 10.1 Å². The number of nitro groups is 1. The second-order valence-corrected chi connectivity index (χ2v) is 11.0. The molecular formula is C25H24BrN5O6S. The van der Waals surface area contributed by atoms with Gasteiger partial charge < -0.3 is 9.64 Å². The van der Waals surface area contributed by atoms with Gasteiger partial charge in [-0.25, -0.2) is 13.8 Å². The van der Waals surface area contributed by atoms with Crippen molar-refractivity contribution in [3.63, 3.8) is 0 Å². The fourth-order valence-electron chi connectivity index (χ4n) is 3.86. The number of morpholine rings is 1. The maximum absolute atomic E-state index is 13.4. The third-order valence-corrected chi connectivity index (χ3v) is 7.96. The van der Waals surface area contributed by atoms with Crippen molar-refractivity contribution in [3.8, 4) is 0 Å². The van der Waals surface area contributed by atoms with Crippen molar-refractivity contribution in [2.45, 2.75) is 4.90 Å². The normalized spacial score (nSPS) is 13.9. The number of amides is 1. The Morgan fingerprint density at radius 3 is 2.53 bits per heavy atom. The summed E-state index contributed by atoms with van der Waals surface area (Å²) < 4.78 is 33.8. The van der Waals surface area contributed by atoms with E-state index in [1.54, 1.807) is 48.5 Å².